The maximum atomic E-state index is 2.52. The van der Waals surface area contributed by atoms with E-state index in [1.54, 1.807) is 0 Å². The zero-order valence-electron chi connectivity index (χ0n) is 38.9. The van der Waals surface area contributed by atoms with Crippen LogP contribution < -0.4 is 4.90 Å². The highest BCUT2D eigenvalue weighted by molar-refractivity contribution is 6.14. The third-order valence-electron chi connectivity index (χ3n) is 16.1. The van der Waals surface area contributed by atoms with E-state index in [-0.39, 0.29) is 0 Å². The summed E-state index contributed by atoms with van der Waals surface area (Å²) >= 11 is 0. The molecule has 15 rings (SSSR count). The zero-order valence-corrected chi connectivity index (χ0v) is 38.9. The van der Waals surface area contributed by atoms with Crippen molar-refractivity contribution in [3.8, 4) is 44.5 Å². The van der Waals surface area contributed by atoms with Crippen molar-refractivity contribution in [1.29, 1.82) is 0 Å². The van der Waals surface area contributed by atoms with Crippen molar-refractivity contribution in [3.05, 3.63) is 317 Å². The van der Waals surface area contributed by atoms with E-state index in [9.17, 15) is 0 Å². The SMILES string of the molecule is c1ccc(C2(c3ccccc3)c3ccccc3-c3ccc(N(c4ccc(-c5cc6ccccc6c6ccccc56)cc4)c4ccc5c(c4)C4(c6ccccc6-c6ccccc64)c4ccccc4-5)cc32)cc1. The summed E-state index contributed by atoms with van der Waals surface area (Å²) in [4.78, 5) is 2.51. The van der Waals surface area contributed by atoms with Crippen LogP contribution in [0, 0.1) is 0 Å². The number of hydrogen-bond donors (Lipinski definition) is 0. The molecule has 71 heavy (non-hydrogen) atoms. The molecular formula is C70H45N. The molecule has 3 aliphatic rings. The molecule has 0 saturated carbocycles. The smallest absolute Gasteiger partial charge is 0.0726 e. The van der Waals surface area contributed by atoms with Gasteiger partial charge in [0.1, 0.15) is 0 Å². The van der Waals surface area contributed by atoms with Crippen LogP contribution in [0.15, 0.2) is 273 Å². The molecule has 0 saturated heterocycles. The summed E-state index contributed by atoms with van der Waals surface area (Å²) in [6.07, 6.45) is 0. The predicted molar refractivity (Wildman–Crippen MR) is 295 cm³/mol. The lowest BCUT2D eigenvalue weighted by molar-refractivity contribution is 0.768. The molecule has 330 valence electrons. The molecule has 0 atom stereocenters. The Labute approximate surface area is 414 Å². The average molecular weight is 900 g/mol. The number of benzene rings is 12. The normalized spacial score (nSPS) is 13.9. The van der Waals surface area contributed by atoms with Gasteiger partial charge >= 0.3 is 0 Å². The van der Waals surface area contributed by atoms with Gasteiger partial charge < -0.3 is 4.90 Å². The molecule has 0 unspecified atom stereocenters. The fourth-order valence-corrected chi connectivity index (χ4v) is 13.3. The molecule has 0 aromatic heterocycles. The molecule has 0 N–H and O–H groups in total. The van der Waals surface area contributed by atoms with Crippen molar-refractivity contribution in [2.45, 2.75) is 10.8 Å². The first kappa shape index (κ1) is 39.9. The molecule has 12 aromatic rings. The first-order chi connectivity index (χ1) is 35.2. The monoisotopic (exact) mass is 899 g/mol. The second-order valence-corrected chi connectivity index (χ2v) is 19.4. The third kappa shape index (κ3) is 5.46. The Morgan fingerprint density at radius 2 is 0.606 bits per heavy atom. The van der Waals surface area contributed by atoms with E-state index in [0.29, 0.717) is 0 Å². The van der Waals surface area contributed by atoms with E-state index in [2.05, 4.69) is 278 Å². The molecule has 1 nitrogen and oxygen atoms in total. The van der Waals surface area contributed by atoms with Gasteiger partial charge in [0.15, 0.2) is 0 Å². The Morgan fingerprint density at radius 3 is 1.13 bits per heavy atom. The van der Waals surface area contributed by atoms with Crippen LogP contribution >= 0.6 is 0 Å². The Bertz CT molecular complexity index is 3900. The maximum absolute atomic E-state index is 2.52. The number of hydrogen-bond acceptors (Lipinski definition) is 1. The van der Waals surface area contributed by atoms with E-state index < -0.39 is 10.8 Å². The highest BCUT2D eigenvalue weighted by Gasteiger charge is 2.52. The second-order valence-electron chi connectivity index (χ2n) is 19.4. The first-order valence-corrected chi connectivity index (χ1v) is 24.8. The molecule has 0 aliphatic heterocycles. The second kappa shape index (κ2) is 15.2. The minimum atomic E-state index is -0.544. The highest BCUT2D eigenvalue weighted by atomic mass is 15.1. The first-order valence-electron chi connectivity index (χ1n) is 24.8. The summed E-state index contributed by atoms with van der Waals surface area (Å²) in [5.74, 6) is 0. The predicted octanol–water partition coefficient (Wildman–Crippen LogP) is 17.8. The van der Waals surface area contributed by atoms with Crippen molar-refractivity contribution < 1.29 is 0 Å². The van der Waals surface area contributed by atoms with Crippen molar-refractivity contribution in [1.82, 2.24) is 0 Å². The molecule has 0 amide bonds. The molecule has 3 aliphatic carbocycles. The van der Waals surface area contributed by atoms with Crippen LogP contribution in [0.3, 0.4) is 0 Å². The van der Waals surface area contributed by atoms with Gasteiger partial charge in [0.05, 0.1) is 10.8 Å². The fourth-order valence-electron chi connectivity index (χ4n) is 13.3. The molecule has 12 aromatic carbocycles. The summed E-state index contributed by atoms with van der Waals surface area (Å²) < 4.78 is 0. The summed E-state index contributed by atoms with van der Waals surface area (Å²) in [7, 11) is 0. The van der Waals surface area contributed by atoms with E-state index >= 15 is 0 Å². The number of anilines is 3. The molecule has 0 radical (unpaired) electrons. The quantitative estimate of drug-likeness (QED) is 0.150. The van der Waals surface area contributed by atoms with E-state index in [0.717, 1.165) is 17.1 Å². The van der Waals surface area contributed by atoms with Gasteiger partial charge in [0.2, 0.25) is 0 Å². The fraction of sp³-hybridized carbons (Fsp3) is 0.0286. The van der Waals surface area contributed by atoms with Crippen LogP contribution in [0.4, 0.5) is 17.1 Å². The van der Waals surface area contributed by atoms with Crippen LogP contribution in [0.1, 0.15) is 44.5 Å². The molecular weight excluding hydrogens is 855 g/mol. The Kier molecular flexibility index (Phi) is 8.56. The number of rotatable bonds is 6. The summed E-state index contributed by atoms with van der Waals surface area (Å²) in [5, 5.41) is 5.05. The largest absolute Gasteiger partial charge is 0.310 e. The van der Waals surface area contributed by atoms with Gasteiger partial charge in [0, 0.05) is 17.1 Å². The van der Waals surface area contributed by atoms with Crippen LogP contribution in [-0.2, 0) is 10.8 Å². The van der Waals surface area contributed by atoms with E-state index in [4.69, 9.17) is 0 Å². The van der Waals surface area contributed by atoms with E-state index in [1.165, 1.54) is 111 Å². The minimum Gasteiger partial charge on any atom is -0.310 e. The average Bonchev–Trinajstić information content (AvgIpc) is 4.04. The Hall–Kier alpha value is -9.04. The van der Waals surface area contributed by atoms with Crippen molar-refractivity contribution in [2.24, 2.45) is 0 Å². The summed E-state index contributed by atoms with van der Waals surface area (Å²) in [6, 6.07) is 102. The van der Waals surface area contributed by atoms with Gasteiger partial charge in [-0.15, -0.1) is 0 Å². The lowest BCUT2D eigenvalue weighted by atomic mass is 9.67. The Balaban J connectivity index is 0.987. The van der Waals surface area contributed by atoms with Crippen LogP contribution in [-0.4, -0.2) is 0 Å². The van der Waals surface area contributed by atoms with Gasteiger partial charge in [-0.2, -0.15) is 0 Å². The minimum absolute atomic E-state index is 0.475. The summed E-state index contributed by atoms with van der Waals surface area (Å²) in [5.41, 5.74) is 22.9. The maximum Gasteiger partial charge on any atom is 0.0726 e. The van der Waals surface area contributed by atoms with Crippen LogP contribution in [0.5, 0.6) is 0 Å². The van der Waals surface area contributed by atoms with Crippen molar-refractivity contribution >= 4 is 38.6 Å². The van der Waals surface area contributed by atoms with Crippen LogP contribution in [0.2, 0.25) is 0 Å². The van der Waals surface area contributed by atoms with Gasteiger partial charge in [-0.3, -0.25) is 0 Å². The lowest BCUT2D eigenvalue weighted by Crippen LogP contribution is -2.28. The third-order valence-corrected chi connectivity index (χ3v) is 16.1. The van der Waals surface area contributed by atoms with E-state index in [1.807, 2.05) is 0 Å². The van der Waals surface area contributed by atoms with Crippen LogP contribution in [0.25, 0.3) is 66.1 Å². The van der Waals surface area contributed by atoms with Crippen molar-refractivity contribution in [2.75, 3.05) is 4.90 Å². The Morgan fingerprint density at radius 1 is 0.225 bits per heavy atom. The standard InChI is InChI=1S/C70H45N/c1-3-20-48(21-4-1)69(49-22-5-2-6-23-49)63-31-15-11-29-58(63)60-41-39-51(44-67(60)69)71(50-37-35-46(36-38-50)62-43-47-19-7-8-24-53(47)54-25-9-10-26-55(54)62)52-40-42-61-59-30-14-18-34-66(59)70(68(61)45-52)64-32-16-12-27-56(64)57-28-13-17-33-65(57)70/h1-45H. The summed E-state index contributed by atoms with van der Waals surface area (Å²) in [6.45, 7) is 0. The topological polar surface area (TPSA) is 3.24 Å². The molecule has 0 bridgehead atoms. The molecule has 0 heterocycles. The lowest BCUT2D eigenvalue weighted by Gasteiger charge is -2.35. The van der Waals surface area contributed by atoms with Gasteiger partial charge in [-0.25, -0.2) is 0 Å². The van der Waals surface area contributed by atoms with Crippen molar-refractivity contribution in [3.63, 3.8) is 0 Å². The molecule has 1 spiro atoms. The van der Waals surface area contributed by atoms with Gasteiger partial charge in [-0.1, -0.05) is 231 Å². The number of nitrogens with zero attached hydrogens (tertiary/aromatic N) is 1. The molecule has 1 heteroatoms. The molecule has 0 fully saturated rings. The highest BCUT2D eigenvalue weighted by Crippen LogP contribution is 2.64. The number of fused-ring (bicyclic) bond motifs is 16. The zero-order chi connectivity index (χ0) is 46.7. The van der Waals surface area contributed by atoms with Gasteiger partial charge in [-0.05, 0) is 153 Å². The van der Waals surface area contributed by atoms with Gasteiger partial charge in [0.25, 0.3) is 0 Å².